The van der Waals surface area contributed by atoms with Gasteiger partial charge in [0.25, 0.3) is 15.9 Å². The van der Waals surface area contributed by atoms with E-state index in [-0.39, 0.29) is 17.3 Å². The zero-order valence-electron chi connectivity index (χ0n) is 12.5. The van der Waals surface area contributed by atoms with E-state index in [1.165, 1.54) is 11.4 Å². The number of nitrogens with zero attached hydrogens (tertiary/aromatic N) is 1. The minimum atomic E-state index is -3.48. The van der Waals surface area contributed by atoms with Crippen LogP contribution in [-0.4, -0.2) is 38.8 Å². The lowest BCUT2D eigenvalue weighted by Crippen LogP contribution is -2.35. The fraction of sp³-hybridized carbons (Fsp3) is 0.188. The minimum absolute atomic E-state index is 0.180. The molecule has 0 bridgehead atoms. The molecule has 0 radical (unpaired) electrons. The topological polar surface area (TPSA) is 66.5 Å². The Hall–Kier alpha value is -2.14. The van der Waals surface area contributed by atoms with E-state index in [4.69, 9.17) is 0 Å². The van der Waals surface area contributed by atoms with Gasteiger partial charge in [0, 0.05) is 31.6 Å². The average molecular weight is 348 g/mol. The van der Waals surface area contributed by atoms with E-state index < -0.39 is 15.9 Å². The van der Waals surface area contributed by atoms with Gasteiger partial charge < -0.3 is 5.32 Å². The van der Waals surface area contributed by atoms with Crippen LogP contribution < -0.4 is 5.32 Å². The number of hydrogen-bond donors (Lipinski definition) is 1. The summed E-state index contributed by atoms with van der Waals surface area (Å²) in [6, 6.07) is 12.4. The molecule has 120 valence electrons. The van der Waals surface area contributed by atoms with Crippen LogP contribution in [0.15, 0.2) is 52.1 Å². The van der Waals surface area contributed by atoms with Crippen molar-refractivity contribution in [2.75, 3.05) is 20.1 Å². The van der Waals surface area contributed by atoms with Gasteiger partial charge in [0.1, 0.15) is 4.21 Å². The van der Waals surface area contributed by atoms with Crippen LogP contribution >= 0.6 is 11.3 Å². The Kier molecular flexibility index (Phi) is 5.93. The Balaban J connectivity index is 1.83. The van der Waals surface area contributed by atoms with Gasteiger partial charge in [0.2, 0.25) is 0 Å². The third-order valence-electron chi connectivity index (χ3n) is 2.97. The summed E-state index contributed by atoms with van der Waals surface area (Å²) in [7, 11) is -2.00. The predicted octanol–water partition coefficient (Wildman–Crippen LogP) is 1.54. The number of carbonyl (C=O) groups excluding carboxylic acids is 1. The van der Waals surface area contributed by atoms with E-state index >= 15 is 0 Å². The third-order valence-corrected chi connectivity index (χ3v) is 6.20. The van der Waals surface area contributed by atoms with Gasteiger partial charge in [-0.25, -0.2) is 8.42 Å². The number of benzene rings is 1. The highest BCUT2D eigenvalue weighted by molar-refractivity contribution is 7.91. The summed E-state index contributed by atoms with van der Waals surface area (Å²) in [6.07, 6.45) is 0. The van der Waals surface area contributed by atoms with Crippen molar-refractivity contribution in [3.8, 4) is 11.8 Å². The highest BCUT2D eigenvalue weighted by atomic mass is 32.2. The summed E-state index contributed by atoms with van der Waals surface area (Å²) in [5.74, 6) is 4.78. The van der Waals surface area contributed by atoms with Crippen molar-refractivity contribution in [2.24, 2.45) is 0 Å². The fourth-order valence-corrected chi connectivity index (χ4v) is 4.08. The molecule has 0 atom stereocenters. The molecule has 1 N–H and O–H groups in total. The highest BCUT2D eigenvalue weighted by Gasteiger charge is 2.21. The number of hydrogen-bond acceptors (Lipinski definition) is 4. The van der Waals surface area contributed by atoms with Crippen LogP contribution in [0.1, 0.15) is 5.56 Å². The number of thiophene rings is 1. The van der Waals surface area contributed by atoms with Gasteiger partial charge in [-0.3, -0.25) is 4.79 Å². The quantitative estimate of drug-likeness (QED) is 0.834. The number of amides is 1. The summed E-state index contributed by atoms with van der Waals surface area (Å²) in [6.45, 7) is 0.377. The second kappa shape index (κ2) is 7.92. The molecule has 0 saturated heterocycles. The zero-order chi connectivity index (χ0) is 16.7. The molecule has 0 fully saturated rings. The van der Waals surface area contributed by atoms with Gasteiger partial charge >= 0.3 is 0 Å². The number of rotatable bonds is 5. The van der Waals surface area contributed by atoms with Gasteiger partial charge in [-0.15, -0.1) is 11.3 Å². The van der Waals surface area contributed by atoms with Crippen LogP contribution in [-0.2, 0) is 14.8 Å². The van der Waals surface area contributed by atoms with Crippen molar-refractivity contribution in [2.45, 2.75) is 4.21 Å². The summed E-state index contributed by atoms with van der Waals surface area (Å²) >= 11 is 1.16. The summed E-state index contributed by atoms with van der Waals surface area (Å²) < 4.78 is 25.8. The third kappa shape index (κ3) is 4.93. The van der Waals surface area contributed by atoms with Crippen molar-refractivity contribution in [1.82, 2.24) is 9.62 Å². The normalized spacial score (nSPS) is 10.9. The first-order chi connectivity index (χ1) is 11.0. The number of carbonyl (C=O) groups is 1. The maximum Gasteiger partial charge on any atom is 0.296 e. The predicted molar refractivity (Wildman–Crippen MR) is 90.5 cm³/mol. The van der Waals surface area contributed by atoms with Crippen molar-refractivity contribution in [3.63, 3.8) is 0 Å². The number of nitrogens with one attached hydrogen (secondary N) is 1. The first-order valence-corrected chi connectivity index (χ1v) is 9.17. The van der Waals surface area contributed by atoms with E-state index in [1.807, 2.05) is 30.3 Å². The van der Waals surface area contributed by atoms with Crippen LogP contribution in [0.3, 0.4) is 0 Å². The van der Waals surface area contributed by atoms with E-state index in [0.717, 1.165) is 16.9 Å². The van der Waals surface area contributed by atoms with Crippen molar-refractivity contribution in [3.05, 3.63) is 53.4 Å². The Morgan fingerprint density at radius 1 is 1.22 bits per heavy atom. The lowest BCUT2D eigenvalue weighted by molar-refractivity contribution is -0.115. The first kappa shape index (κ1) is 17.2. The zero-order valence-corrected chi connectivity index (χ0v) is 14.2. The molecule has 1 heterocycles. The standard InChI is InChI=1S/C16H16N2O3S2/c1-18(23(20,21)16-8-5-13-22-16)12-11-17-15(19)10-9-14-6-3-2-4-7-14/h2-8,13H,11-12H2,1H3,(H,17,19). The molecule has 0 aliphatic heterocycles. The molecule has 23 heavy (non-hydrogen) atoms. The second-order valence-electron chi connectivity index (χ2n) is 4.63. The SMILES string of the molecule is CN(CCNC(=O)C#Cc1ccccc1)S(=O)(=O)c1cccs1. The largest absolute Gasteiger partial charge is 0.344 e. The first-order valence-electron chi connectivity index (χ1n) is 6.85. The number of sulfonamides is 1. The van der Waals surface area contributed by atoms with Crippen LogP contribution in [0.2, 0.25) is 0 Å². The maximum absolute atomic E-state index is 12.2. The van der Waals surface area contributed by atoms with Crippen molar-refractivity contribution >= 4 is 27.3 Å². The molecule has 2 aromatic rings. The summed E-state index contributed by atoms with van der Waals surface area (Å²) in [4.78, 5) is 11.6. The van der Waals surface area contributed by atoms with Crippen molar-refractivity contribution < 1.29 is 13.2 Å². The Morgan fingerprint density at radius 3 is 2.61 bits per heavy atom. The van der Waals surface area contributed by atoms with E-state index in [1.54, 1.807) is 17.5 Å². The molecular formula is C16H16N2O3S2. The van der Waals surface area contributed by atoms with Crippen molar-refractivity contribution in [1.29, 1.82) is 0 Å². The Labute approximate surface area is 140 Å². The lowest BCUT2D eigenvalue weighted by atomic mass is 10.2. The molecule has 5 nitrogen and oxygen atoms in total. The molecule has 0 aliphatic carbocycles. The highest BCUT2D eigenvalue weighted by Crippen LogP contribution is 2.19. The van der Waals surface area contributed by atoms with Gasteiger partial charge in [0.15, 0.2) is 0 Å². The molecule has 1 aromatic carbocycles. The molecule has 0 spiro atoms. The van der Waals surface area contributed by atoms with E-state index in [9.17, 15) is 13.2 Å². The smallest absolute Gasteiger partial charge is 0.296 e. The molecule has 7 heteroatoms. The molecule has 1 aromatic heterocycles. The Bertz CT molecular complexity index is 804. The van der Waals surface area contributed by atoms with Gasteiger partial charge in [-0.2, -0.15) is 4.31 Å². The summed E-state index contributed by atoms with van der Waals surface area (Å²) in [5.41, 5.74) is 0.750. The van der Waals surface area contributed by atoms with Gasteiger partial charge in [-0.1, -0.05) is 30.2 Å². The monoisotopic (exact) mass is 348 g/mol. The maximum atomic E-state index is 12.2. The van der Waals surface area contributed by atoms with Crippen LogP contribution in [0, 0.1) is 11.8 Å². The van der Waals surface area contributed by atoms with Crippen LogP contribution in [0.5, 0.6) is 0 Å². The molecule has 0 unspecified atom stereocenters. The lowest BCUT2D eigenvalue weighted by Gasteiger charge is -2.15. The molecular weight excluding hydrogens is 332 g/mol. The molecule has 0 saturated carbocycles. The summed E-state index contributed by atoms with van der Waals surface area (Å²) in [5, 5.41) is 4.30. The second-order valence-corrected chi connectivity index (χ2v) is 7.85. The van der Waals surface area contributed by atoms with Crippen LogP contribution in [0.25, 0.3) is 0 Å². The number of likely N-dealkylation sites (N-methyl/N-ethyl adjacent to an activating group) is 1. The molecule has 1 amide bonds. The average Bonchev–Trinajstić information content (AvgIpc) is 3.09. The van der Waals surface area contributed by atoms with Gasteiger partial charge in [-0.05, 0) is 23.6 Å². The van der Waals surface area contributed by atoms with E-state index in [2.05, 4.69) is 17.2 Å². The van der Waals surface area contributed by atoms with Crippen LogP contribution in [0.4, 0.5) is 0 Å². The molecule has 2 rings (SSSR count). The minimum Gasteiger partial charge on any atom is -0.344 e. The van der Waals surface area contributed by atoms with Gasteiger partial charge in [0.05, 0.1) is 0 Å². The fourth-order valence-electron chi connectivity index (χ4n) is 1.71. The Morgan fingerprint density at radius 2 is 1.96 bits per heavy atom. The van der Waals surface area contributed by atoms with E-state index in [0.29, 0.717) is 0 Å². The molecule has 0 aliphatic rings.